The van der Waals surface area contributed by atoms with E-state index < -0.39 is 33.9 Å². The molecule has 9 heteroatoms. The van der Waals surface area contributed by atoms with Crippen LogP contribution in [0.25, 0.3) is 0 Å². The first-order valence-corrected chi connectivity index (χ1v) is 4.46. The van der Waals surface area contributed by atoms with E-state index >= 15 is 0 Å². The monoisotopic (exact) mass is 243 g/mol. The maximum Gasteiger partial charge on any atom is 0.350 e. The van der Waals surface area contributed by atoms with Crippen LogP contribution in [0.3, 0.4) is 0 Å². The molecule has 9 nitrogen and oxygen atoms in total. The van der Waals surface area contributed by atoms with Crippen LogP contribution in [0, 0.1) is 10.1 Å². The average molecular weight is 243 g/mol. The van der Waals surface area contributed by atoms with E-state index in [1.807, 2.05) is 0 Å². The largest absolute Gasteiger partial charge is 0.480 e. The first-order chi connectivity index (χ1) is 7.77. The van der Waals surface area contributed by atoms with E-state index in [2.05, 4.69) is 0 Å². The van der Waals surface area contributed by atoms with Crippen LogP contribution in [0.5, 0.6) is 0 Å². The summed E-state index contributed by atoms with van der Waals surface area (Å²) >= 11 is 0. The summed E-state index contributed by atoms with van der Waals surface area (Å²) < 4.78 is 1.12. The van der Waals surface area contributed by atoms with Gasteiger partial charge in [-0.15, -0.1) is 0 Å². The van der Waals surface area contributed by atoms with Crippen molar-refractivity contribution in [1.29, 1.82) is 0 Å². The smallest absolute Gasteiger partial charge is 0.350 e. The average Bonchev–Trinajstić information content (AvgIpc) is 2.24. The van der Waals surface area contributed by atoms with Crippen LogP contribution in [0.4, 0.5) is 5.69 Å². The Hall–Kier alpha value is -2.45. The van der Waals surface area contributed by atoms with Gasteiger partial charge in [-0.05, 0) is 6.92 Å². The van der Waals surface area contributed by atoms with Crippen LogP contribution in [0.15, 0.2) is 15.8 Å². The molecule has 92 valence electrons. The van der Waals surface area contributed by atoms with Crippen LogP contribution in [-0.2, 0) is 11.8 Å². The minimum atomic E-state index is -1.33. The maximum atomic E-state index is 11.6. The molecule has 0 fully saturated rings. The summed E-state index contributed by atoms with van der Waals surface area (Å²) in [4.78, 5) is 43.2. The van der Waals surface area contributed by atoms with Gasteiger partial charge in [-0.2, -0.15) is 0 Å². The van der Waals surface area contributed by atoms with E-state index in [9.17, 15) is 24.5 Å². The fourth-order valence-corrected chi connectivity index (χ4v) is 1.20. The first-order valence-electron chi connectivity index (χ1n) is 4.46. The molecule has 0 aliphatic carbocycles. The molecular weight excluding hydrogens is 234 g/mol. The third-order valence-corrected chi connectivity index (χ3v) is 2.26. The van der Waals surface area contributed by atoms with Crippen LogP contribution in [-0.4, -0.2) is 25.1 Å². The van der Waals surface area contributed by atoms with Crippen molar-refractivity contribution >= 4 is 11.7 Å². The zero-order valence-electron chi connectivity index (χ0n) is 8.98. The second-order valence-corrected chi connectivity index (χ2v) is 3.34. The summed E-state index contributed by atoms with van der Waals surface area (Å²) in [6.45, 7) is 1.18. The Bertz CT molecular complexity index is 598. The van der Waals surface area contributed by atoms with Gasteiger partial charge < -0.3 is 5.11 Å². The molecule has 17 heavy (non-hydrogen) atoms. The number of aromatic nitrogens is 2. The van der Waals surface area contributed by atoms with Crippen molar-refractivity contribution in [3.63, 3.8) is 0 Å². The van der Waals surface area contributed by atoms with Crippen molar-refractivity contribution in [2.75, 3.05) is 0 Å². The molecule has 1 aromatic heterocycles. The number of nitrogens with zero attached hydrogens (tertiary/aromatic N) is 3. The van der Waals surface area contributed by atoms with E-state index in [1.165, 1.54) is 6.92 Å². The standard InChI is InChI=1S/C8H9N3O6/c1-4(7(13)14)10-3-5(11(16)17)6(12)9(2)8(10)15/h3-4H,1-2H3,(H,13,14)/t4-/m0/s1. The predicted molar refractivity (Wildman–Crippen MR) is 54.9 cm³/mol. The molecule has 1 atom stereocenters. The molecule has 0 aromatic carbocycles. The molecule has 0 saturated carbocycles. The third kappa shape index (κ3) is 2.07. The Morgan fingerprint density at radius 2 is 2.06 bits per heavy atom. The molecule has 0 bridgehead atoms. The van der Waals surface area contributed by atoms with Gasteiger partial charge in [-0.3, -0.25) is 24.0 Å². The Labute approximate surface area is 93.7 Å². The first kappa shape index (κ1) is 12.6. The summed E-state index contributed by atoms with van der Waals surface area (Å²) in [7, 11) is 1.04. The number of carboxylic acid groups (broad SMARTS) is 1. The molecule has 0 saturated heterocycles. The Morgan fingerprint density at radius 1 is 1.53 bits per heavy atom. The highest BCUT2D eigenvalue weighted by Crippen LogP contribution is 2.06. The van der Waals surface area contributed by atoms with Gasteiger partial charge in [0.15, 0.2) is 0 Å². The van der Waals surface area contributed by atoms with E-state index in [0.717, 1.165) is 7.05 Å². The highest BCUT2D eigenvalue weighted by molar-refractivity contribution is 5.71. The molecule has 1 heterocycles. The van der Waals surface area contributed by atoms with Crippen molar-refractivity contribution in [3.8, 4) is 0 Å². The van der Waals surface area contributed by atoms with Gasteiger partial charge in [0, 0.05) is 7.05 Å². The second kappa shape index (κ2) is 4.20. The van der Waals surface area contributed by atoms with Crippen LogP contribution < -0.4 is 11.2 Å². The number of rotatable bonds is 3. The summed E-state index contributed by atoms with van der Waals surface area (Å²) in [6.07, 6.45) is 0.642. The Morgan fingerprint density at radius 3 is 2.47 bits per heavy atom. The number of carboxylic acids is 1. The minimum absolute atomic E-state index is 0.498. The number of hydrogen-bond donors (Lipinski definition) is 1. The predicted octanol–water partition coefficient (Wildman–Crippen LogP) is -0.899. The van der Waals surface area contributed by atoms with Gasteiger partial charge >= 0.3 is 22.9 Å². The fraction of sp³-hybridized carbons (Fsp3) is 0.375. The third-order valence-electron chi connectivity index (χ3n) is 2.26. The Balaban J connectivity index is 3.65. The lowest BCUT2D eigenvalue weighted by Gasteiger charge is -2.10. The van der Waals surface area contributed by atoms with Crippen molar-refractivity contribution < 1.29 is 14.8 Å². The lowest BCUT2D eigenvalue weighted by Crippen LogP contribution is -2.41. The normalized spacial score (nSPS) is 12.1. The lowest BCUT2D eigenvalue weighted by atomic mass is 10.3. The molecule has 0 aliphatic heterocycles. The molecule has 0 unspecified atom stereocenters. The SMILES string of the molecule is C[C@@H](C(=O)O)n1cc([N+](=O)[O-])c(=O)n(C)c1=O. The van der Waals surface area contributed by atoms with Gasteiger partial charge in [0.25, 0.3) is 0 Å². The number of aliphatic carboxylic acids is 1. The summed E-state index contributed by atoms with van der Waals surface area (Å²) in [5.74, 6) is -1.33. The van der Waals surface area contributed by atoms with Gasteiger partial charge in [0.2, 0.25) is 0 Å². The van der Waals surface area contributed by atoms with Crippen molar-refractivity contribution in [3.05, 3.63) is 37.1 Å². The van der Waals surface area contributed by atoms with E-state index in [-0.39, 0.29) is 0 Å². The minimum Gasteiger partial charge on any atom is -0.480 e. The molecule has 0 amide bonds. The quantitative estimate of drug-likeness (QED) is 0.541. The zero-order valence-corrected chi connectivity index (χ0v) is 8.98. The highest BCUT2D eigenvalue weighted by Gasteiger charge is 2.23. The van der Waals surface area contributed by atoms with E-state index in [1.54, 1.807) is 0 Å². The number of hydrogen-bond acceptors (Lipinski definition) is 5. The highest BCUT2D eigenvalue weighted by atomic mass is 16.6. The van der Waals surface area contributed by atoms with E-state index in [0.29, 0.717) is 15.3 Å². The molecule has 1 rings (SSSR count). The van der Waals surface area contributed by atoms with Gasteiger partial charge in [-0.25, -0.2) is 9.59 Å². The van der Waals surface area contributed by atoms with Gasteiger partial charge in [-0.1, -0.05) is 0 Å². The molecule has 1 N–H and O–H groups in total. The molecular formula is C8H9N3O6. The summed E-state index contributed by atoms with van der Waals surface area (Å²) in [5.41, 5.74) is -2.84. The van der Waals surface area contributed by atoms with Crippen LogP contribution in [0.2, 0.25) is 0 Å². The maximum absolute atomic E-state index is 11.6. The van der Waals surface area contributed by atoms with Gasteiger partial charge in [0.05, 0.1) is 11.1 Å². The van der Waals surface area contributed by atoms with Crippen molar-refractivity contribution in [2.45, 2.75) is 13.0 Å². The van der Waals surface area contributed by atoms with Crippen LogP contribution in [0.1, 0.15) is 13.0 Å². The fourth-order valence-electron chi connectivity index (χ4n) is 1.20. The molecule has 1 aromatic rings. The summed E-state index contributed by atoms with van der Waals surface area (Å²) in [6, 6.07) is -1.30. The topological polar surface area (TPSA) is 124 Å². The lowest BCUT2D eigenvalue weighted by molar-refractivity contribution is -0.387. The summed E-state index contributed by atoms with van der Waals surface area (Å²) in [5, 5.41) is 19.3. The zero-order chi connectivity index (χ0) is 13.3. The van der Waals surface area contributed by atoms with Gasteiger partial charge in [0.1, 0.15) is 6.04 Å². The van der Waals surface area contributed by atoms with Crippen molar-refractivity contribution in [2.24, 2.45) is 7.05 Å². The van der Waals surface area contributed by atoms with Crippen LogP contribution >= 0.6 is 0 Å². The molecule has 0 radical (unpaired) electrons. The second-order valence-electron chi connectivity index (χ2n) is 3.34. The Kier molecular flexibility index (Phi) is 3.12. The van der Waals surface area contributed by atoms with Crippen molar-refractivity contribution in [1.82, 2.24) is 9.13 Å². The molecule has 0 spiro atoms. The van der Waals surface area contributed by atoms with E-state index in [4.69, 9.17) is 5.11 Å². The molecule has 0 aliphatic rings. The number of carbonyl (C=O) groups is 1. The number of nitro groups is 1.